The third-order valence-corrected chi connectivity index (χ3v) is 5.38. The summed E-state index contributed by atoms with van der Waals surface area (Å²) in [6.45, 7) is 4.25. The van der Waals surface area contributed by atoms with Crippen LogP contribution in [0.1, 0.15) is 17.5 Å². The number of carbonyl (C=O) groups is 1. The number of amides is 1. The van der Waals surface area contributed by atoms with Gasteiger partial charge in [0.15, 0.2) is 0 Å². The van der Waals surface area contributed by atoms with Crippen molar-refractivity contribution in [3.05, 3.63) is 58.6 Å². The molecule has 134 valence electrons. The average Bonchev–Trinajstić information content (AvgIpc) is 3.29. The number of hydrogen-bond donors (Lipinski definition) is 3. The maximum absolute atomic E-state index is 12.3. The Balaban J connectivity index is 1.67. The summed E-state index contributed by atoms with van der Waals surface area (Å²) in [6.07, 6.45) is 0.899. The van der Waals surface area contributed by atoms with Crippen molar-refractivity contribution >= 4 is 28.4 Å². The molecule has 1 aromatic heterocycles. The van der Waals surface area contributed by atoms with E-state index in [0.29, 0.717) is 11.6 Å². The molecule has 1 saturated heterocycles. The number of H-pyrrole nitrogens is 1. The lowest BCUT2D eigenvalue weighted by atomic mass is 10.0. The molecule has 1 atom stereocenters. The van der Waals surface area contributed by atoms with Crippen LogP contribution < -0.4 is 10.6 Å². The number of aryl methyl sites for hydroxylation is 1. The molecule has 3 N–H and O–H groups in total. The van der Waals surface area contributed by atoms with Gasteiger partial charge in [-0.2, -0.15) is 0 Å². The molecule has 3 aromatic rings. The molecule has 1 amide bonds. The first-order chi connectivity index (χ1) is 12.6. The van der Waals surface area contributed by atoms with Crippen LogP contribution in [0.2, 0.25) is 5.02 Å². The number of hydrogen-bond acceptors (Lipinski definition) is 2. The molecule has 4 nitrogen and oxygen atoms in total. The highest BCUT2D eigenvalue weighted by atomic mass is 35.5. The molecule has 1 unspecified atom stereocenters. The van der Waals surface area contributed by atoms with Gasteiger partial charge < -0.3 is 15.6 Å². The molecule has 0 radical (unpaired) electrons. The number of rotatable bonds is 4. The Morgan fingerprint density at radius 1 is 1.27 bits per heavy atom. The van der Waals surface area contributed by atoms with Crippen LogP contribution in [0.15, 0.2) is 42.5 Å². The summed E-state index contributed by atoms with van der Waals surface area (Å²) in [5.41, 5.74) is 5.45. The van der Waals surface area contributed by atoms with Gasteiger partial charge in [0.05, 0.1) is 11.4 Å². The third kappa shape index (κ3) is 3.22. The van der Waals surface area contributed by atoms with E-state index in [-0.39, 0.29) is 11.8 Å². The van der Waals surface area contributed by atoms with Gasteiger partial charge in [-0.05, 0) is 48.7 Å². The Kier molecular flexibility index (Phi) is 4.70. The molecule has 0 bridgehead atoms. The van der Waals surface area contributed by atoms with Crippen LogP contribution in [0, 0.1) is 12.8 Å². The summed E-state index contributed by atoms with van der Waals surface area (Å²) in [6, 6.07) is 14.2. The number of halogens is 1. The van der Waals surface area contributed by atoms with Crippen molar-refractivity contribution in [2.45, 2.75) is 19.9 Å². The van der Waals surface area contributed by atoms with E-state index in [0.717, 1.165) is 47.2 Å². The van der Waals surface area contributed by atoms with Crippen molar-refractivity contribution in [1.29, 1.82) is 0 Å². The zero-order valence-electron chi connectivity index (χ0n) is 14.7. The number of benzene rings is 2. The molecule has 0 saturated carbocycles. The smallest absolute Gasteiger partial charge is 0.224 e. The lowest BCUT2D eigenvalue weighted by Crippen LogP contribution is -2.31. The van der Waals surface area contributed by atoms with Crippen molar-refractivity contribution in [3.8, 4) is 11.3 Å². The maximum atomic E-state index is 12.3. The first-order valence-electron chi connectivity index (χ1n) is 8.98. The molecule has 1 aliphatic heterocycles. The Hall–Kier alpha value is -2.30. The van der Waals surface area contributed by atoms with Gasteiger partial charge in [-0.3, -0.25) is 4.79 Å². The van der Waals surface area contributed by atoms with E-state index in [1.165, 1.54) is 5.56 Å². The van der Waals surface area contributed by atoms with Crippen molar-refractivity contribution in [2.24, 2.45) is 5.92 Å². The fraction of sp³-hybridized carbons (Fsp3) is 0.286. The minimum Gasteiger partial charge on any atom is -0.354 e. The maximum Gasteiger partial charge on any atom is 0.224 e. The number of aromatic nitrogens is 1. The molecule has 2 aromatic carbocycles. The van der Waals surface area contributed by atoms with E-state index < -0.39 is 0 Å². The molecule has 0 aliphatic carbocycles. The molecular weight excluding hydrogens is 346 g/mol. The predicted octanol–water partition coefficient (Wildman–Crippen LogP) is 4.02. The zero-order valence-corrected chi connectivity index (χ0v) is 15.5. The predicted molar refractivity (Wildman–Crippen MR) is 106 cm³/mol. The first-order valence-corrected chi connectivity index (χ1v) is 9.36. The van der Waals surface area contributed by atoms with Gasteiger partial charge in [0.2, 0.25) is 5.91 Å². The Morgan fingerprint density at radius 3 is 2.81 bits per heavy atom. The number of carbonyl (C=O) groups excluding carboxylic acids is 1. The summed E-state index contributed by atoms with van der Waals surface area (Å²) in [7, 11) is 0. The van der Waals surface area contributed by atoms with Crippen LogP contribution in [0.25, 0.3) is 22.2 Å². The third-order valence-electron chi connectivity index (χ3n) is 5.16. The van der Waals surface area contributed by atoms with Gasteiger partial charge in [-0.25, -0.2) is 0 Å². The van der Waals surface area contributed by atoms with Gasteiger partial charge in [-0.1, -0.05) is 41.9 Å². The average molecular weight is 368 g/mol. The van der Waals surface area contributed by atoms with Gasteiger partial charge in [-0.15, -0.1) is 0 Å². The van der Waals surface area contributed by atoms with Crippen LogP contribution in [-0.2, 0) is 11.3 Å². The van der Waals surface area contributed by atoms with Crippen LogP contribution in [-0.4, -0.2) is 24.0 Å². The monoisotopic (exact) mass is 367 g/mol. The van der Waals surface area contributed by atoms with Gasteiger partial charge in [0.25, 0.3) is 0 Å². The van der Waals surface area contributed by atoms with Crippen molar-refractivity contribution in [3.63, 3.8) is 0 Å². The second-order valence-electron chi connectivity index (χ2n) is 6.89. The van der Waals surface area contributed by atoms with Gasteiger partial charge in [0.1, 0.15) is 0 Å². The van der Waals surface area contributed by atoms with E-state index in [1.54, 1.807) is 0 Å². The van der Waals surface area contributed by atoms with Crippen molar-refractivity contribution in [2.75, 3.05) is 13.1 Å². The largest absolute Gasteiger partial charge is 0.354 e. The summed E-state index contributed by atoms with van der Waals surface area (Å²) in [4.78, 5) is 15.9. The minimum absolute atomic E-state index is 0.0648. The molecule has 26 heavy (non-hydrogen) atoms. The molecule has 5 heteroatoms. The lowest BCUT2D eigenvalue weighted by Gasteiger charge is -2.11. The zero-order chi connectivity index (χ0) is 18.1. The summed E-state index contributed by atoms with van der Waals surface area (Å²) >= 11 is 6.36. The Morgan fingerprint density at radius 2 is 2.08 bits per heavy atom. The van der Waals surface area contributed by atoms with Gasteiger partial charge >= 0.3 is 0 Å². The van der Waals surface area contributed by atoms with Crippen LogP contribution in [0.3, 0.4) is 0 Å². The molecule has 0 spiro atoms. The second-order valence-corrected chi connectivity index (χ2v) is 7.32. The molecule has 1 aliphatic rings. The highest BCUT2D eigenvalue weighted by molar-refractivity contribution is 6.31. The summed E-state index contributed by atoms with van der Waals surface area (Å²) < 4.78 is 0. The number of fused-ring (bicyclic) bond motifs is 1. The van der Waals surface area contributed by atoms with Crippen LogP contribution >= 0.6 is 11.6 Å². The lowest BCUT2D eigenvalue weighted by molar-refractivity contribution is -0.124. The summed E-state index contributed by atoms with van der Waals surface area (Å²) in [5, 5.41) is 8.09. The number of nitrogens with one attached hydrogen (secondary N) is 3. The highest BCUT2D eigenvalue weighted by Crippen LogP contribution is 2.33. The normalized spacial score (nSPS) is 16.9. The van der Waals surface area contributed by atoms with Crippen LogP contribution in [0.5, 0.6) is 0 Å². The van der Waals surface area contributed by atoms with E-state index in [9.17, 15) is 4.79 Å². The van der Waals surface area contributed by atoms with E-state index in [1.807, 2.05) is 30.3 Å². The SMILES string of the molecule is Cc1c(-c2ccccc2)[nH]c2c(CNC(=O)C3CCNC3)cc(Cl)cc12. The minimum atomic E-state index is 0.0648. The standard InChI is InChI=1S/C21H22ClN3O/c1-13-18-10-17(22)9-16(12-24-21(26)15-7-8-23-11-15)20(18)25-19(13)14-5-3-2-4-6-14/h2-6,9-10,15,23,25H,7-8,11-12H2,1H3,(H,24,26). The molecule has 4 rings (SSSR count). The van der Waals surface area contributed by atoms with Crippen molar-refractivity contribution < 1.29 is 4.79 Å². The first kappa shape index (κ1) is 17.1. The molecular formula is C21H22ClN3O. The number of aromatic amines is 1. The Labute approximate surface area is 157 Å². The van der Waals surface area contributed by atoms with E-state index >= 15 is 0 Å². The van der Waals surface area contributed by atoms with Crippen molar-refractivity contribution in [1.82, 2.24) is 15.6 Å². The summed E-state index contributed by atoms with van der Waals surface area (Å²) in [5.74, 6) is 0.171. The topological polar surface area (TPSA) is 56.9 Å². The van der Waals surface area contributed by atoms with E-state index in [2.05, 4.69) is 34.7 Å². The van der Waals surface area contributed by atoms with Crippen LogP contribution in [0.4, 0.5) is 0 Å². The fourth-order valence-electron chi connectivity index (χ4n) is 3.70. The fourth-order valence-corrected chi connectivity index (χ4v) is 3.94. The molecule has 2 heterocycles. The Bertz CT molecular complexity index is 943. The highest BCUT2D eigenvalue weighted by Gasteiger charge is 2.22. The second kappa shape index (κ2) is 7.14. The van der Waals surface area contributed by atoms with Gasteiger partial charge in [0, 0.05) is 29.2 Å². The molecule has 1 fully saturated rings. The van der Waals surface area contributed by atoms with E-state index in [4.69, 9.17) is 11.6 Å². The quantitative estimate of drug-likeness (QED) is 0.652.